The lowest BCUT2D eigenvalue weighted by Crippen LogP contribution is -2.33. The summed E-state index contributed by atoms with van der Waals surface area (Å²) in [4.78, 5) is 0.399. The van der Waals surface area contributed by atoms with Crippen molar-refractivity contribution in [2.24, 2.45) is 5.92 Å². The van der Waals surface area contributed by atoms with E-state index < -0.39 is 10.0 Å². The van der Waals surface area contributed by atoms with Crippen LogP contribution in [-0.2, 0) is 16.6 Å². The molecular weight excluding hydrogens is 284 g/mol. The fraction of sp³-hybridized carbons (Fsp3) is 0.625. The van der Waals surface area contributed by atoms with Crippen molar-refractivity contribution in [3.05, 3.63) is 29.8 Å². The highest BCUT2D eigenvalue weighted by molar-refractivity contribution is 7.89. The van der Waals surface area contributed by atoms with E-state index >= 15 is 0 Å². The van der Waals surface area contributed by atoms with E-state index in [0.29, 0.717) is 17.4 Å². The average Bonchev–Trinajstić information content (AvgIpc) is 3.22. The minimum Gasteiger partial charge on any atom is -0.313 e. The van der Waals surface area contributed by atoms with Crippen LogP contribution in [0.5, 0.6) is 0 Å². The van der Waals surface area contributed by atoms with Crippen molar-refractivity contribution in [1.82, 2.24) is 10.0 Å². The lowest BCUT2D eigenvalue weighted by Gasteiger charge is -2.16. The van der Waals surface area contributed by atoms with Crippen molar-refractivity contribution in [1.29, 1.82) is 0 Å². The molecule has 0 amide bonds. The Morgan fingerprint density at radius 3 is 2.67 bits per heavy atom. The largest absolute Gasteiger partial charge is 0.313 e. The Bertz CT molecular complexity index is 553. The Balaban J connectivity index is 2.06. The smallest absolute Gasteiger partial charge is 0.241 e. The molecule has 4 nitrogen and oxygen atoms in total. The van der Waals surface area contributed by atoms with E-state index in [1.165, 1.54) is 12.8 Å². The number of benzene rings is 1. The molecule has 2 rings (SSSR count). The van der Waals surface area contributed by atoms with Crippen molar-refractivity contribution in [2.75, 3.05) is 6.54 Å². The first-order valence-corrected chi connectivity index (χ1v) is 9.32. The molecule has 1 unspecified atom stereocenters. The molecule has 0 bridgehead atoms. The van der Waals surface area contributed by atoms with E-state index in [1.807, 2.05) is 19.1 Å². The van der Waals surface area contributed by atoms with E-state index in [2.05, 4.69) is 17.0 Å². The minimum atomic E-state index is -3.44. The summed E-state index contributed by atoms with van der Waals surface area (Å²) < 4.78 is 27.9. The molecule has 1 aliphatic carbocycles. The maximum atomic E-state index is 12.6. The van der Waals surface area contributed by atoms with Crippen molar-refractivity contribution in [3.8, 4) is 0 Å². The third-order valence-electron chi connectivity index (χ3n) is 3.74. The number of rotatable bonds is 9. The zero-order valence-electron chi connectivity index (χ0n) is 12.9. The van der Waals surface area contributed by atoms with Gasteiger partial charge in [-0.2, -0.15) is 0 Å². The SMILES string of the molecule is CCCNCc1ccccc1S(=O)(=O)NC(C)CC1CC1. The van der Waals surface area contributed by atoms with Gasteiger partial charge < -0.3 is 5.32 Å². The van der Waals surface area contributed by atoms with E-state index in [0.717, 1.165) is 24.9 Å². The monoisotopic (exact) mass is 310 g/mol. The van der Waals surface area contributed by atoms with Gasteiger partial charge >= 0.3 is 0 Å². The molecule has 0 saturated heterocycles. The van der Waals surface area contributed by atoms with Crippen molar-refractivity contribution in [2.45, 2.75) is 57.0 Å². The molecular formula is C16H26N2O2S. The van der Waals surface area contributed by atoms with Gasteiger partial charge in [0, 0.05) is 12.6 Å². The molecule has 0 aromatic heterocycles. The Labute approximate surface area is 128 Å². The third kappa shape index (κ3) is 5.09. The number of hydrogen-bond donors (Lipinski definition) is 2. The van der Waals surface area contributed by atoms with Crippen LogP contribution < -0.4 is 10.0 Å². The van der Waals surface area contributed by atoms with Gasteiger partial charge in [0.2, 0.25) is 10.0 Å². The minimum absolute atomic E-state index is 0.000780. The summed E-state index contributed by atoms with van der Waals surface area (Å²) in [7, 11) is -3.44. The number of sulfonamides is 1. The van der Waals surface area contributed by atoms with Crippen LogP contribution in [-0.4, -0.2) is 21.0 Å². The molecule has 21 heavy (non-hydrogen) atoms. The van der Waals surface area contributed by atoms with Crippen molar-refractivity contribution in [3.63, 3.8) is 0 Å². The Hall–Kier alpha value is -0.910. The summed E-state index contributed by atoms with van der Waals surface area (Å²) in [5.74, 6) is 0.712. The topological polar surface area (TPSA) is 58.2 Å². The van der Waals surface area contributed by atoms with Crippen LogP contribution in [0.1, 0.15) is 45.1 Å². The Kier molecular flexibility index (Phi) is 5.79. The van der Waals surface area contributed by atoms with Gasteiger partial charge in [-0.05, 0) is 43.9 Å². The second kappa shape index (κ2) is 7.38. The van der Waals surface area contributed by atoms with Crippen LogP contribution in [0, 0.1) is 5.92 Å². The van der Waals surface area contributed by atoms with Gasteiger partial charge in [0.25, 0.3) is 0 Å². The first kappa shape index (κ1) is 16.5. The average molecular weight is 310 g/mol. The van der Waals surface area contributed by atoms with Crippen molar-refractivity contribution < 1.29 is 8.42 Å². The zero-order chi connectivity index (χ0) is 15.3. The summed E-state index contributed by atoms with van der Waals surface area (Å²) in [5.41, 5.74) is 0.831. The van der Waals surface area contributed by atoms with Gasteiger partial charge in [-0.1, -0.05) is 38.0 Å². The van der Waals surface area contributed by atoms with Gasteiger partial charge in [0.05, 0.1) is 4.90 Å². The highest BCUT2D eigenvalue weighted by Crippen LogP contribution is 2.33. The second-order valence-electron chi connectivity index (χ2n) is 5.99. The van der Waals surface area contributed by atoms with Crippen LogP contribution in [0.4, 0.5) is 0 Å². The predicted molar refractivity (Wildman–Crippen MR) is 85.6 cm³/mol. The van der Waals surface area contributed by atoms with Gasteiger partial charge in [0.15, 0.2) is 0 Å². The molecule has 118 valence electrons. The van der Waals surface area contributed by atoms with Gasteiger partial charge in [-0.25, -0.2) is 13.1 Å². The van der Waals surface area contributed by atoms with Gasteiger partial charge in [0.1, 0.15) is 0 Å². The van der Waals surface area contributed by atoms with E-state index in [4.69, 9.17) is 0 Å². The van der Waals surface area contributed by atoms with E-state index in [1.54, 1.807) is 12.1 Å². The van der Waals surface area contributed by atoms with Crippen LogP contribution in [0.25, 0.3) is 0 Å². The molecule has 0 radical (unpaired) electrons. The Morgan fingerprint density at radius 2 is 2.00 bits per heavy atom. The van der Waals surface area contributed by atoms with Gasteiger partial charge in [-0.15, -0.1) is 0 Å². The predicted octanol–water partition coefficient (Wildman–Crippen LogP) is 2.65. The lowest BCUT2D eigenvalue weighted by molar-refractivity contribution is 0.528. The second-order valence-corrected chi connectivity index (χ2v) is 7.67. The summed E-state index contributed by atoms with van der Waals surface area (Å²) in [6.45, 7) is 5.52. The van der Waals surface area contributed by atoms with Crippen LogP contribution in [0.2, 0.25) is 0 Å². The quantitative estimate of drug-likeness (QED) is 0.689. The third-order valence-corrected chi connectivity index (χ3v) is 5.43. The van der Waals surface area contributed by atoms with Crippen LogP contribution >= 0.6 is 0 Å². The van der Waals surface area contributed by atoms with Gasteiger partial charge in [-0.3, -0.25) is 0 Å². The fourth-order valence-corrected chi connectivity index (χ4v) is 4.04. The molecule has 2 N–H and O–H groups in total. The highest BCUT2D eigenvalue weighted by atomic mass is 32.2. The molecule has 1 aromatic rings. The summed E-state index contributed by atoms with van der Waals surface area (Å²) in [5, 5.41) is 3.27. The number of hydrogen-bond acceptors (Lipinski definition) is 3. The standard InChI is InChI=1S/C16H26N2O2S/c1-3-10-17-12-15-6-4-5-7-16(15)21(19,20)18-13(2)11-14-8-9-14/h4-7,13-14,17-18H,3,8-12H2,1-2H3. The Morgan fingerprint density at radius 1 is 1.29 bits per heavy atom. The molecule has 0 heterocycles. The lowest BCUT2D eigenvalue weighted by atomic mass is 10.2. The van der Waals surface area contributed by atoms with E-state index in [9.17, 15) is 8.42 Å². The molecule has 1 atom stereocenters. The first-order valence-electron chi connectivity index (χ1n) is 7.84. The van der Waals surface area contributed by atoms with Crippen molar-refractivity contribution >= 4 is 10.0 Å². The first-order chi connectivity index (χ1) is 10.0. The molecule has 1 aliphatic rings. The molecule has 1 aromatic carbocycles. The fourth-order valence-electron chi connectivity index (χ4n) is 2.54. The highest BCUT2D eigenvalue weighted by Gasteiger charge is 2.26. The van der Waals surface area contributed by atoms with Crippen LogP contribution in [0.15, 0.2) is 29.2 Å². The van der Waals surface area contributed by atoms with Crippen LogP contribution in [0.3, 0.4) is 0 Å². The molecule has 0 aliphatic heterocycles. The maximum absolute atomic E-state index is 12.6. The molecule has 1 saturated carbocycles. The summed E-state index contributed by atoms with van der Waals surface area (Å²) in [6, 6.07) is 7.23. The maximum Gasteiger partial charge on any atom is 0.241 e. The molecule has 5 heteroatoms. The zero-order valence-corrected chi connectivity index (χ0v) is 13.7. The summed E-state index contributed by atoms with van der Waals surface area (Å²) in [6.07, 6.45) is 4.45. The molecule has 1 fully saturated rings. The normalized spacial score (nSPS) is 16.9. The number of nitrogens with one attached hydrogen (secondary N) is 2. The molecule has 0 spiro atoms. The van der Waals surface area contributed by atoms with E-state index in [-0.39, 0.29) is 6.04 Å². The summed E-state index contributed by atoms with van der Waals surface area (Å²) >= 11 is 0.